The van der Waals surface area contributed by atoms with Gasteiger partial charge in [0.25, 0.3) is 0 Å². The number of amides is 1. The third kappa shape index (κ3) is 11.9. The summed E-state index contributed by atoms with van der Waals surface area (Å²) in [6.45, 7) is 4.70. The molecule has 3 N–H and O–H groups in total. The molecule has 0 aliphatic carbocycles. The summed E-state index contributed by atoms with van der Waals surface area (Å²) < 4.78 is 0. The van der Waals surface area contributed by atoms with Crippen molar-refractivity contribution in [1.29, 1.82) is 0 Å². The Hall–Kier alpha value is -0.220. The van der Waals surface area contributed by atoms with Crippen molar-refractivity contribution in [1.82, 2.24) is 5.32 Å². The fourth-order valence-electron chi connectivity index (χ4n) is 1.30. The summed E-state index contributed by atoms with van der Waals surface area (Å²) >= 11 is 1.88. The third-order valence-corrected chi connectivity index (χ3v) is 3.04. The number of nitrogens with one attached hydrogen (secondary N) is 1. The van der Waals surface area contributed by atoms with Gasteiger partial charge in [-0.25, -0.2) is 0 Å². The molecule has 0 aromatic carbocycles. The van der Waals surface area contributed by atoms with Gasteiger partial charge in [-0.2, -0.15) is 11.8 Å². The average molecular weight is 246 g/mol. The zero-order valence-electron chi connectivity index (χ0n) is 10.8. The van der Waals surface area contributed by atoms with Crippen molar-refractivity contribution in [2.45, 2.75) is 51.5 Å². The molecule has 16 heavy (non-hydrogen) atoms. The Kier molecular flexibility index (Phi) is 8.76. The van der Waals surface area contributed by atoms with E-state index in [-0.39, 0.29) is 11.4 Å². The summed E-state index contributed by atoms with van der Waals surface area (Å²) in [4.78, 5) is 11.4. The quantitative estimate of drug-likeness (QED) is 0.613. The number of thioether (sulfide) groups is 1. The molecule has 0 saturated carbocycles. The molecule has 0 aromatic rings. The summed E-state index contributed by atoms with van der Waals surface area (Å²) in [7, 11) is 0. The van der Waals surface area contributed by atoms with Gasteiger partial charge in [0, 0.05) is 18.5 Å². The topological polar surface area (TPSA) is 55.1 Å². The molecule has 0 aliphatic heterocycles. The molecular weight excluding hydrogens is 220 g/mol. The lowest BCUT2D eigenvalue weighted by Crippen LogP contribution is -2.34. The number of hydrogen-bond donors (Lipinski definition) is 2. The predicted molar refractivity (Wildman–Crippen MR) is 72.7 cm³/mol. The highest BCUT2D eigenvalue weighted by molar-refractivity contribution is 7.98. The van der Waals surface area contributed by atoms with Gasteiger partial charge < -0.3 is 11.1 Å². The minimum Gasteiger partial charge on any atom is -0.356 e. The van der Waals surface area contributed by atoms with E-state index in [2.05, 4.69) is 11.6 Å². The van der Waals surface area contributed by atoms with Gasteiger partial charge in [0.1, 0.15) is 0 Å². The smallest absolute Gasteiger partial charge is 0.220 e. The van der Waals surface area contributed by atoms with Crippen LogP contribution in [0.4, 0.5) is 0 Å². The summed E-state index contributed by atoms with van der Waals surface area (Å²) in [5.74, 6) is 1.35. The lowest BCUT2D eigenvalue weighted by atomic mass is 10.00. The van der Waals surface area contributed by atoms with Crippen molar-refractivity contribution in [3.8, 4) is 0 Å². The Morgan fingerprint density at radius 2 is 2.00 bits per heavy atom. The maximum absolute atomic E-state index is 11.4. The number of carbonyl (C=O) groups excluding carboxylic acids is 1. The maximum atomic E-state index is 11.4. The van der Waals surface area contributed by atoms with Crippen molar-refractivity contribution >= 4 is 17.7 Å². The normalized spacial score (nSPS) is 11.5. The first-order chi connectivity index (χ1) is 7.45. The van der Waals surface area contributed by atoms with Gasteiger partial charge in [0.05, 0.1) is 0 Å². The highest BCUT2D eigenvalue weighted by Gasteiger charge is 2.12. The fourth-order valence-corrected chi connectivity index (χ4v) is 1.79. The molecule has 0 heterocycles. The molecule has 0 spiro atoms. The van der Waals surface area contributed by atoms with Gasteiger partial charge in [-0.3, -0.25) is 4.79 Å². The SMILES string of the molecule is CSCCCCCNC(=O)CCC(C)(C)N. The highest BCUT2D eigenvalue weighted by Crippen LogP contribution is 2.06. The first kappa shape index (κ1) is 15.8. The summed E-state index contributed by atoms with van der Waals surface area (Å²) in [5.41, 5.74) is 5.57. The van der Waals surface area contributed by atoms with Crippen molar-refractivity contribution in [2.24, 2.45) is 5.73 Å². The molecule has 0 saturated heterocycles. The largest absolute Gasteiger partial charge is 0.356 e. The van der Waals surface area contributed by atoms with Crippen molar-refractivity contribution in [3.63, 3.8) is 0 Å². The van der Waals surface area contributed by atoms with E-state index in [1.54, 1.807) is 0 Å². The highest BCUT2D eigenvalue weighted by atomic mass is 32.2. The molecule has 0 radical (unpaired) electrons. The van der Waals surface area contributed by atoms with Crippen LogP contribution in [-0.4, -0.2) is 30.0 Å². The maximum Gasteiger partial charge on any atom is 0.220 e. The minimum absolute atomic E-state index is 0.128. The molecule has 3 nitrogen and oxygen atoms in total. The Morgan fingerprint density at radius 3 is 2.56 bits per heavy atom. The Balaban J connectivity index is 3.31. The van der Waals surface area contributed by atoms with Gasteiger partial charge >= 0.3 is 0 Å². The summed E-state index contributed by atoms with van der Waals surface area (Å²) in [5, 5.41) is 2.93. The van der Waals surface area contributed by atoms with Crippen LogP contribution in [0.5, 0.6) is 0 Å². The first-order valence-corrected chi connectivity index (χ1v) is 7.39. The van der Waals surface area contributed by atoms with Crippen LogP contribution in [-0.2, 0) is 4.79 Å². The second-order valence-electron chi connectivity index (χ2n) is 4.89. The number of hydrogen-bond acceptors (Lipinski definition) is 3. The monoisotopic (exact) mass is 246 g/mol. The van der Waals surface area contributed by atoms with E-state index in [1.165, 1.54) is 18.6 Å². The Bertz CT molecular complexity index is 190. The molecule has 0 unspecified atom stereocenters. The van der Waals surface area contributed by atoms with Crippen molar-refractivity contribution in [2.75, 3.05) is 18.6 Å². The zero-order chi connectivity index (χ0) is 12.4. The minimum atomic E-state index is -0.240. The van der Waals surface area contributed by atoms with E-state index in [1.807, 2.05) is 25.6 Å². The zero-order valence-corrected chi connectivity index (χ0v) is 11.7. The van der Waals surface area contributed by atoms with E-state index in [0.717, 1.165) is 19.4 Å². The van der Waals surface area contributed by atoms with Gasteiger partial charge in [0.2, 0.25) is 5.91 Å². The Labute approximate surface area is 104 Å². The van der Waals surface area contributed by atoms with E-state index >= 15 is 0 Å². The molecule has 0 fully saturated rings. The van der Waals surface area contributed by atoms with Crippen molar-refractivity contribution < 1.29 is 4.79 Å². The predicted octanol–water partition coefficient (Wildman–Crippen LogP) is 2.15. The second-order valence-corrected chi connectivity index (χ2v) is 5.88. The number of unbranched alkanes of at least 4 members (excludes halogenated alkanes) is 2. The standard InChI is InChI=1S/C12H26N2OS/c1-12(2,13)8-7-11(15)14-9-5-4-6-10-16-3/h4-10,13H2,1-3H3,(H,14,15). The lowest BCUT2D eigenvalue weighted by molar-refractivity contribution is -0.121. The molecule has 0 bridgehead atoms. The van der Waals surface area contributed by atoms with E-state index in [0.29, 0.717) is 6.42 Å². The Morgan fingerprint density at radius 1 is 1.31 bits per heavy atom. The van der Waals surface area contributed by atoms with Crippen LogP contribution in [0.3, 0.4) is 0 Å². The van der Waals surface area contributed by atoms with Crippen LogP contribution < -0.4 is 11.1 Å². The van der Waals surface area contributed by atoms with E-state index in [9.17, 15) is 4.79 Å². The van der Waals surface area contributed by atoms with Crippen LogP contribution in [0.1, 0.15) is 46.0 Å². The molecule has 1 amide bonds. The third-order valence-electron chi connectivity index (χ3n) is 2.34. The molecule has 4 heteroatoms. The second kappa shape index (κ2) is 8.88. The van der Waals surface area contributed by atoms with Gasteiger partial charge in [-0.05, 0) is 45.1 Å². The lowest BCUT2D eigenvalue weighted by Gasteiger charge is -2.17. The van der Waals surface area contributed by atoms with Gasteiger partial charge in [0.15, 0.2) is 0 Å². The molecule has 0 aliphatic rings. The fraction of sp³-hybridized carbons (Fsp3) is 0.917. The molecule has 0 atom stereocenters. The molecular formula is C12H26N2OS. The number of nitrogens with two attached hydrogens (primary N) is 1. The summed E-state index contributed by atoms with van der Waals surface area (Å²) in [6, 6.07) is 0. The van der Waals surface area contributed by atoms with Gasteiger partial charge in [-0.1, -0.05) is 6.42 Å². The van der Waals surface area contributed by atoms with Crippen LogP contribution in [0, 0.1) is 0 Å². The van der Waals surface area contributed by atoms with E-state index < -0.39 is 0 Å². The average Bonchev–Trinajstić information content (AvgIpc) is 2.19. The number of rotatable bonds is 9. The number of carbonyl (C=O) groups is 1. The first-order valence-electron chi connectivity index (χ1n) is 6.00. The molecule has 0 rings (SSSR count). The van der Waals surface area contributed by atoms with Gasteiger partial charge in [-0.15, -0.1) is 0 Å². The molecule has 0 aromatic heterocycles. The molecule has 96 valence electrons. The van der Waals surface area contributed by atoms with Crippen LogP contribution in [0.25, 0.3) is 0 Å². The van der Waals surface area contributed by atoms with E-state index in [4.69, 9.17) is 5.73 Å². The van der Waals surface area contributed by atoms with Crippen LogP contribution in [0.15, 0.2) is 0 Å². The van der Waals surface area contributed by atoms with Crippen LogP contribution in [0.2, 0.25) is 0 Å². The summed E-state index contributed by atoms with van der Waals surface area (Å²) in [6.07, 6.45) is 6.92. The van der Waals surface area contributed by atoms with Crippen molar-refractivity contribution in [3.05, 3.63) is 0 Å². The van der Waals surface area contributed by atoms with Crippen LogP contribution >= 0.6 is 11.8 Å².